The van der Waals surface area contributed by atoms with Gasteiger partial charge in [-0.3, -0.25) is 9.48 Å². The van der Waals surface area contributed by atoms with Gasteiger partial charge in [0.2, 0.25) is 6.79 Å². The van der Waals surface area contributed by atoms with Gasteiger partial charge in [0.15, 0.2) is 17.2 Å². The van der Waals surface area contributed by atoms with Crippen molar-refractivity contribution in [3.63, 3.8) is 0 Å². The minimum absolute atomic E-state index is 0.134. The summed E-state index contributed by atoms with van der Waals surface area (Å²) in [6.45, 7) is 1.83. The highest BCUT2D eigenvalue weighted by Gasteiger charge is 2.23. The highest BCUT2D eigenvalue weighted by atomic mass is 16.7. The summed E-state index contributed by atoms with van der Waals surface area (Å²) in [5.41, 5.74) is 1.40. The number of rotatable bonds is 3. The predicted octanol–water partition coefficient (Wildman–Crippen LogP) is 1.50. The summed E-state index contributed by atoms with van der Waals surface area (Å²) in [6, 6.07) is 4.86. The van der Waals surface area contributed by atoms with Gasteiger partial charge in [-0.05, 0) is 25.1 Å². The van der Waals surface area contributed by atoms with Crippen LogP contribution in [0, 0.1) is 6.92 Å². The van der Waals surface area contributed by atoms with Crippen LogP contribution in [0.3, 0.4) is 0 Å². The molecular weight excluding hydrogens is 302 g/mol. The molecule has 1 aromatic carbocycles. The van der Waals surface area contributed by atoms with Crippen LogP contribution in [0.25, 0.3) is 0 Å². The van der Waals surface area contributed by atoms with E-state index >= 15 is 0 Å². The zero-order valence-corrected chi connectivity index (χ0v) is 12.9. The summed E-state index contributed by atoms with van der Waals surface area (Å²) < 4.78 is 16.6. The van der Waals surface area contributed by atoms with Crippen LogP contribution in [-0.2, 0) is 11.8 Å². The van der Waals surface area contributed by atoms with Crippen molar-refractivity contribution in [2.75, 3.05) is 19.2 Å². The van der Waals surface area contributed by atoms with E-state index in [0.29, 0.717) is 28.4 Å². The lowest BCUT2D eigenvalue weighted by atomic mass is 10.1. The molecule has 8 nitrogen and oxygen atoms in total. The van der Waals surface area contributed by atoms with Crippen molar-refractivity contribution in [1.29, 1.82) is 0 Å². The lowest BCUT2D eigenvalue weighted by Gasteiger charge is -2.08. The number of hydrogen-bond donors (Lipinski definition) is 1. The number of hydrogen-bond acceptors (Lipinski definition) is 6. The largest absolute Gasteiger partial charge is 0.464 e. The number of aromatic nitrogens is 2. The summed E-state index contributed by atoms with van der Waals surface area (Å²) in [5, 5.41) is 6.84. The third-order valence-corrected chi connectivity index (χ3v) is 3.47. The third kappa shape index (κ3) is 2.59. The Morgan fingerprint density at radius 3 is 2.78 bits per heavy atom. The van der Waals surface area contributed by atoms with Gasteiger partial charge in [-0.1, -0.05) is 0 Å². The fraction of sp³-hybridized carbons (Fsp3) is 0.267. The van der Waals surface area contributed by atoms with Crippen LogP contribution in [0.2, 0.25) is 0 Å². The van der Waals surface area contributed by atoms with Crippen molar-refractivity contribution >= 4 is 17.6 Å². The number of nitrogens with zero attached hydrogens (tertiary/aromatic N) is 2. The summed E-state index contributed by atoms with van der Waals surface area (Å²) >= 11 is 0. The predicted molar refractivity (Wildman–Crippen MR) is 79.8 cm³/mol. The topological polar surface area (TPSA) is 91.7 Å². The van der Waals surface area contributed by atoms with Crippen LogP contribution >= 0.6 is 0 Å². The number of methoxy groups -OCH3 is 1. The molecule has 1 aromatic heterocycles. The Bertz CT molecular complexity index is 797. The zero-order valence-electron chi connectivity index (χ0n) is 12.9. The molecule has 1 N–H and O–H groups in total. The van der Waals surface area contributed by atoms with Crippen LogP contribution in [0.4, 0.5) is 5.69 Å². The summed E-state index contributed by atoms with van der Waals surface area (Å²) in [4.78, 5) is 24.3. The molecule has 1 amide bonds. The summed E-state index contributed by atoms with van der Waals surface area (Å²) in [5.74, 6) is 0.141. The molecule has 8 heteroatoms. The first-order valence-electron chi connectivity index (χ1n) is 6.84. The Hall–Kier alpha value is -3.03. The SMILES string of the molecule is COC(=O)c1c(NC(=O)c2ccc3c(c2)OCO3)c(C)nn1C. The lowest BCUT2D eigenvalue weighted by Crippen LogP contribution is -2.16. The van der Waals surface area contributed by atoms with Crippen molar-refractivity contribution in [3.8, 4) is 11.5 Å². The maximum absolute atomic E-state index is 12.4. The molecule has 23 heavy (non-hydrogen) atoms. The molecule has 2 heterocycles. The third-order valence-electron chi connectivity index (χ3n) is 3.47. The average Bonchev–Trinajstić information content (AvgIpc) is 3.10. The second-order valence-corrected chi connectivity index (χ2v) is 4.95. The van der Waals surface area contributed by atoms with Crippen molar-refractivity contribution in [3.05, 3.63) is 35.2 Å². The van der Waals surface area contributed by atoms with Crippen LogP contribution in [-0.4, -0.2) is 35.6 Å². The number of amides is 1. The molecule has 2 aromatic rings. The van der Waals surface area contributed by atoms with Crippen LogP contribution < -0.4 is 14.8 Å². The molecule has 0 aliphatic carbocycles. The van der Waals surface area contributed by atoms with E-state index in [1.807, 2.05) is 0 Å². The number of benzene rings is 1. The van der Waals surface area contributed by atoms with Crippen LogP contribution in [0.15, 0.2) is 18.2 Å². The molecule has 1 aliphatic rings. The zero-order chi connectivity index (χ0) is 16.6. The number of anilines is 1. The van der Waals surface area contributed by atoms with Gasteiger partial charge >= 0.3 is 5.97 Å². The van der Waals surface area contributed by atoms with Gasteiger partial charge in [0.05, 0.1) is 18.5 Å². The van der Waals surface area contributed by atoms with E-state index in [1.54, 1.807) is 32.2 Å². The summed E-state index contributed by atoms with van der Waals surface area (Å²) in [6.07, 6.45) is 0. The van der Waals surface area contributed by atoms with Crippen molar-refractivity contribution in [2.24, 2.45) is 7.05 Å². The quantitative estimate of drug-likeness (QED) is 0.863. The molecule has 0 saturated heterocycles. The van der Waals surface area contributed by atoms with E-state index in [4.69, 9.17) is 14.2 Å². The molecule has 1 aliphatic heterocycles. The van der Waals surface area contributed by atoms with E-state index < -0.39 is 5.97 Å². The second-order valence-electron chi connectivity index (χ2n) is 4.95. The molecule has 0 radical (unpaired) electrons. The number of esters is 1. The van der Waals surface area contributed by atoms with E-state index in [-0.39, 0.29) is 18.4 Å². The minimum atomic E-state index is -0.575. The molecule has 120 valence electrons. The highest BCUT2D eigenvalue weighted by Crippen LogP contribution is 2.33. The molecule has 0 saturated carbocycles. The Balaban J connectivity index is 1.90. The Morgan fingerprint density at radius 1 is 1.30 bits per heavy atom. The van der Waals surface area contributed by atoms with Crippen LogP contribution in [0.5, 0.6) is 11.5 Å². The Kier molecular flexibility index (Phi) is 3.65. The standard InChI is InChI=1S/C15H15N3O5/c1-8-12(13(15(20)21-3)18(2)17-8)16-14(19)9-4-5-10-11(6-9)23-7-22-10/h4-6H,7H2,1-3H3,(H,16,19). The van der Waals surface area contributed by atoms with Crippen molar-refractivity contribution in [1.82, 2.24) is 9.78 Å². The van der Waals surface area contributed by atoms with Crippen molar-refractivity contribution in [2.45, 2.75) is 6.92 Å². The first-order chi connectivity index (χ1) is 11.0. The Morgan fingerprint density at radius 2 is 2.04 bits per heavy atom. The fourth-order valence-electron chi connectivity index (χ4n) is 2.36. The smallest absolute Gasteiger partial charge is 0.358 e. The fourth-order valence-corrected chi connectivity index (χ4v) is 2.36. The van der Waals surface area contributed by atoms with Gasteiger partial charge in [-0.2, -0.15) is 5.10 Å². The highest BCUT2D eigenvalue weighted by molar-refractivity contribution is 6.08. The molecule has 0 spiro atoms. The normalized spacial score (nSPS) is 12.1. The van der Waals surface area contributed by atoms with Gasteiger partial charge in [-0.15, -0.1) is 0 Å². The number of aryl methyl sites for hydroxylation is 2. The maximum Gasteiger partial charge on any atom is 0.358 e. The molecule has 3 rings (SSSR count). The van der Waals surface area contributed by atoms with E-state index in [9.17, 15) is 9.59 Å². The molecule has 0 bridgehead atoms. The van der Waals surface area contributed by atoms with Crippen molar-refractivity contribution < 1.29 is 23.8 Å². The van der Waals surface area contributed by atoms with E-state index in [1.165, 1.54) is 11.8 Å². The number of ether oxygens (including phenoxy) is 3. The van der Waals surface area contributed by atoms with E-state index in [0.717, 1.165) is 0 Å². The van der Waals surface area contributed by atoms with Gasteiger partial charge in [0, 0.05) is 12.6 Å². The Labute approximate surface area is 131 Å². The second kappa shape index (κ2) is 5.64. The number of carbonyl (C=O) groups excluding carboxylic acids is 2. The van der Waals surface area contributed by atoms with Gasteiger partial charge in [-0.25, -0.2) is 4.79 Å². The first kappa shape index (κ1) is 14.9. The first-order valence-corrected chi connectivity index (χ1v) is 6.84. The molecular formula is C15H15N3O5. The van der Waals surface area contributed by atoms with Crippen LogP contribution in [0.1, 0.15) is 26.5 Å². The molecule has 0 fully saturated rings. The monoisotopic (exact) mass is 317 g/mol. The molecule has 0 unspecified atom stereocenters. The van der Waals surface area contributed by atoms with Gasteiger partial charge < -0.3 is 19.5 Å². The number of nitrogens with one attached hydrogen (secondary N) is 1. The lowest BCUT2D eigenvalue weighted by molar-refractivity contribution is 0.0589. The number of carbonyl (C=O) groups is 2. The number of fused-ring (bicyclic) bond motifs is 1. The van der Waals surface area contributed by atoms with Gasteiger partial charge in [0.1, 0.15) is 0 Å². The minimum Gasteiger partial charge on any atom is -0.464 e. The summed E-state index contributed by atoms with van der Waals surface area (Å²) in [7, 11) is 2.88. The van der Waals surface area contributed by atoms with Gasteiger partial charge in [0.25, 0.3) is 5.91 Å². The molecule has 0 atom stereocenters. The van der Waals surface area contributed by atoms with E-state index in [2.05, 4.69) is 10.4 Å². The average molecular weight is 317 g/mol. The maximum atomic E-state index is 12.4.